The first kappa shape index (κ1) is 14.9. The molecule has 0 bridgehead atoms. The minimum absolute atomic E-state index is 0.597. The van der Waals surface area contributed by atoms with E-state index in [1.807, 2.05) is 74.5 Å². The predicted octanol–water partition coefficient (Wildman–Crippen LogP) is 5.92. The molecule has 0 N–H and O–H groups in total. The molecule has 0 atom stereocenters. The predicted molar refractivity (Wildman–Crippen MR) is 102 cm³/mol. The van der Waals surface area contributed by atoms with Crippen molar-refractivity contribution in [3.05, 3.63) is 71.8 Å². The number of hydrogen-bond donors (Lipinski definition) is 0. The highest BCUT2D eigenvalue weighted by molar-refractivity contribution is 5.79. The Hall–Kier alpha value is -3.40. The van der Waals surface area contributed by atoms with Gasteiger partial charge in [0.15, 0.2) is 11.2 Å². The summed E-state index contributed by atoms with van der Waals surface area (Å²) in [5.74, 6) is 1.19. The minimum Gasteiger partial charge on any atom is -0.436 e. The zero-order valence-corrected chi connectivity index (χ0v) is 14.5. The Labute approximate surface area is 150 Å². The van der Waals surface area contributed by atoms with Gasteiger partial charge in [-0.15, -0.1) is 0 Å². The van der Waals surface area contributed by atoms with Crippen LogP contribution in [0.15, 0.2) is 69.5 Å². The summed E-state index contributed by atoms with van der Waals surface area (Å²) in [5, 5.41) is 0. The lowest BCUT2D eigenvalue weighted by Gasteiger charge is -1.98. The van der Waals surface area contributed by atoms with E-state index in [9.17, 15) is 0 Å². The molecule has 0 saturated carbocycles. The van der Waals surface area contributed by atoms with Gasteiger partial charge in [-0.05, 0) is 67.4 Å². The Morgan fingerprint density at radius 3 is 1.62 bits per heavy atom. The number of hydrogen-bond acceptors (Lipinski definition) is 4. The molecular weight excluding hydrogens is 324 g/mol. The molecule has 0 fully saturated rings. The van der Waals surface area contributed by atoms with Crippen LogP contribution in [0, 0.1) is 13.8 Å². The molecule has 0 aliphatic heterocycles. The molecule has 0 saturated heterocycles. The van der Waals surface area contributed by atoms with Crippen molar-refractivity contribution in [3.8, 4) is 22.9 Å². The molecule has 0 aliphatic rings. The number of aryl methyl sites for hydroxylation is 2. The SMILES string of the molecule is Cc1ccc2nc(-c3cccc(-c4nc5ccc(C)cc5o4)c3)oc2c1. The summed E-state index contributed by atoms with van der Waals surface area (Å²) in [6.07, 6.45) is 0. The van der Waals surface area contributed by atoms with Crippen molar-refractivity contribution in [2.45, 2.75) is 13.8 Å². The van der Waals surface area contributed by atoms with Gasteiger partial charge >= 0.3 is 0 Å². The molecule has 0 amide bonds. The summed E-state index contributed by atoms with van der Waals surface area (Å²) in [5.41, 5.74) is 7.39. The Bertz CT molecular complexity index is 1170. The van der Waals surface area contributed by atoms with E-state index in [0.29, 0.717) is 11.8 Å². The number of rotatable bonds is 2. The second kappa shape index (κ2) is 5.56. The quantitative estimate of drug-likeness (QED) is 0.400. The molecule has 0 unspecified atom stereocenters. The third-order valence-electron chi connectivity index (χ3n) is 4.44. The van der Waals surface area contributed by atoms with E-state index < -0.39 is 0 Å². The molecule has 26 heavy (non-hydrogen) atoms. The average molecular weight is 340 g/mol. The molecule has 4 nitrogen and oxygen atoms in total. The first-order valence-corrected chi connectivity index (χ1v) is 8.51. The van der Waals surface area contributed by atoms with Crippen LogP contribution in [0.25, 0.3) is 45.1 Å². The first-order valence-electron chi connectivity index (χ1n) is 8.51. The molecule has 3 aromatic carbocycles. The van der Waals surface area contributed by atoms with E-state index in [4.69, 9.17) is 8.83 Å². The topological polar surface area (TPSA) is 52.1 Å². The van der Waals surface area contributed by atoms with E-state index in [1.165, 1.54) is 0 Å². The zero-order chi connectivity index (χ0) is 17.7. The Morgan fingerprint density at radius 2 is 1.12 bits per heavy atom. The molecule has 5 aromatic rings. The van der Waals surface area contributed by atoms with Gasteiger partial charge in [-0.3, -0.25) is 0 Å². The second-order valence-electron chi connectivity index (χ2n) is 6.56. The number of nitrogens with zero attached hydrogens (tertiary/aromatic N) is 2. The summed E-state index contributed by atoms with van der Waals surface area (Å²) in [7, 11) is 0. The van der Waals surface area contributed by atoms with Crippen molar-refractivity contribution in [1.82, 2.24) is 9.97 Å². The van der Waals surface area contributed by atoms with Crippen LogP contribution in [-0.4, -0.2) is 9.97 Å². The first-order chi connectivity index (χ1) is 12.7. The highest BCUT2D eigenvalue weighted by atomic mass is 16.4. The smallest absolute Gasteiger partial charge is 0.227 e. The molecule has 2 heterocycles. The van der Waals surface area contributed by atoms with Crippen molar-refractivity contribution < 1.29 is 8.83 Å². The fraction of sp³-hybridized carbons (Fsp3) is 0.0909. The van der Waals surface area contributed by atoms with Gasteiger partial charge in [0.05, 0.1) is 0 Å². The maximum atomic E-state index is 5.94. The lowest BCUT2D eigenvalue weighted by atomic mass is 10.1. The van der Waals surface area contributed by atoms with E-state index in [-0.39, 0.29) is 0 Å². The molecule has 0 radical (unpaired) electrons. The number of fused-ring (bicyclic) bond motifs is 2. The fourth-order valence-corrected chi connectivity index (χ4v) is 3.10. The van der Waals surface area contributed by atoms with Crippen LogP contribution in [0.4, 0.5) is 0 Å². The summed E-state index contributed by atoms with van der Waals surface area (Å²) in [6, 6.07) is 19.9. The van der Waals surface area contributed by atoms with Gasteiger partial charge in [-0.25, -0.2) is 9.97 Å². The molecule has 0 aliphatic carbocycles. The van der Waals surface area contributed by atoms with E-state index >= 15 is 0 Å². The van der Waals surface area contributed by atoms with E-state index in [1.54, 1.807) is 0 Å². The number of benzene rings is 3. The number of aromatic nitrogens is 2. The van der Waals surface area contributed by atoms with Crippen LogP contribution in [-0.2, 0) is 0 Å². The van der Waals surface area contributed by atoms with Crippen molar-refractivity contribution >= 4 is 22.2 Å². The van der Waals surface area contributed by atoms with Gasteiger partial charge in [0, 0.05) is 11.1 Å². The minimum atomic E-state index is 0.597. The summed E-state index contributed by atoms with van der Waals surface area (Å²) in [6.45, 7) is 4.08. The third kappa shape index (κ3) is 2.47. The van der Waals surface area contributed by atoms with Gasteiger partial charge in [0.25, 0.3) is 0 Å². The largest absolute Gasteiger partial charge is 0.436 e. The Kier molecular flexibility index (Phi) is 3.19. The molecule has 5 rings (SSSR count). The molecule has 4 heteroatoms. The molecule has 126 valence electrons. The monoisotopic (exact) mass is 340 g/mol. The van der Waals surface area contributed by atoms with Crippen molar-refractivity contribution in [3.63, 3.8) is 0 Å². The fourth-order valence-electron chi connectivity index (χ4n) is 3.10. The zero-order valence-electron chi connectivity index (χ0n) is 14.5. The van der Waals surface area contributed by atoms with Crippen molar-refractivity contribution in [2.75, 3.05) is 0 Å². The maximum absolute atomic E-state index is 5.94. The third-order valence-corrected chi connectivity index (χ3v) is 4.44. The van der Waals surface area contributed by atoms with Crippen LogP contribution in [0.2, 0.25) is 0 Å². The van der Waals surface area contributed by atoms with Crippen molar-refractivity contribution in [1.29, 1.82) is 0 Å². The number of oxazole rings is 2. The second-order valence-corrected chi connectivity index (χ2v) is 6.56. The lowest BCUT2D eigenvalue weighted by molar-refractivity contribution is 0.617. The maximum Gasteiger partial charge on any atom is 0.227 e. The van der Waals surface area contributed by atoms with Crippen LogP contribution in [0.5, 0.6) is 0 Å². The van der Waals surface area contributed by atoms with E-state index in [2.05, 4.69) is 9.97 Å². The summed E-state index contributed by atoms with van der Waals surface area (Å²) >= 11 is 0. The van der Waals surface area contributed by atoms with Gasteiger partial charge < -0.3 is 8.83 Å². The van der Waals surface area contributed by atoms with Gasteiger partial charge in [0.2, 0.25) is 11.8 Å². The normalized spacial score (nSPS) is 11.5. The summed E-state index contributed by atoms with van der Waals surface area (Å²) < 4.78 is 11.9. The van der Waals surface area contributed by atoms with Gasteiger partial charge in [0.1, 0.15) is 11.0 Å². The van der Waals surface area contributed by atoms with E-state index in [0.717, 1.165) is 44.5 Å². The molecule has 2 aromatic heterocycles. The van der Waals surface area contributed by atoms with Crippen LogP contribution in [0.1, 0.15) is 11.1 Å². The lowest BCUT2D eigenvalue weighted by Crippen LogP contribution is -1.81. The molecule has 0 spiro atoms. The highest BCUT2D eigenvalue weighted by Gasteiger charge is 2.12. The summed E-state index contributed by atoms with van der Waals surface area (Å²) in [4.78, 5) is 9.19. The standard InChI is InChI=1S/C22H16N2O2/c1-13-6-8-17-19(10-13)25-21(23-17)15-4-3-5-16(12-15)22-24-18-9-7-14(2)11-20(18)26-22/h3-12H,1-2H3. The van der Waals surface area contributed by atoms with Crippen molar-refractivity contribution in [2.24, 2.45) is 0 Å². The highest BCUT2D eigenvalue weighted by Crippen LogP contribution is 2.30. The van der Waals surface area contributed by atoms with Gasteiger partial charge in [-0.2, -0.15) is 0 Å². The Balaban J connectivity index is 1.60. The van der Waals surface area contributed by atoms with Crippen LogP contribution in [0.3, 0.4) is 0 Å². The van der Waals surface area contributed by atoms with Gasteiger partial charge in [-0.1, -0.05) is 18.2 Å². The van der Waals surface area contributed by atoms with Crippen LogP contribution < -0.4 is 0 Å². The Morgan fingerprint density at radius 1 is 0.615 bits per heavy atom. The van der Waals surface area contributed by atoms with Crippen LogP contribution >= 0.6 is 0 Å². The average Bonchev–Trinajstić information content (AvgIpc) is 3.25. The molecular formula is C22H16N2O2.